The lowest BCUT2D eigenvalue weighted by molar-refractivity contribution is 0.0523. The molecule has 0 N–H and O–H groups in total. The first kappa shape index (κ1) is 14.1. The Bertz CT molecular complexity index is 930. The molecule has 0 saturated carbocycles. The van der Waals surface area contributed by atoms with E-state index in [-0.39, 0.29) is 12.2 Å². The Labute approximate surface area is 125 Å². The molecule has 3 rings (SSSR count). The summed E-state index contributed by atoms with van der Waals surface area (Å²) in [6.07, 6.45) is 2.80. The number of nitrogens with zero attached hydrogens (tertiary/aromatic N) is 2. The molecule has 112 valence electrons. The molecule has 0 aliphatic rings. The number of methoxy groups -OCH3 is 1. The molecule has 3 aromatic rings. The minimum absolute atomic E-state index is 0.100. The number of ether oxygens (including phenoxy) is 2. The van der Waals surface area contributed by atoms with E-state index < -0.39 is 11.5 Å². The summed E-state index contributed by atoms with van der Waals surface area (Å²) in [5.74, 6) is -0.144. The van der Waals surface area contributed by atoms with E-state index in [1.165, 1.54) is 23.9 Å². The highest BCUT2D eigenvalue weighted by molar-refractivity contribution is 5.98. The lowest BCUT2D eigenvalue weighted by Crippen LogP contribution is -2.24. The summed E-state index contributed by atoms with van der Waals surface area (Å²) in [6, 6.07) is 7.48. The van der Waals surface area contributed by atoms with Crippen LogP contribution in [0.1, 0.15) is 17.3 Å². The summed E-state index contributed by atoms with van der Waals surface area (Å²) in [5, 5.41) is 1.62. The second-order valence-corrected chi connectivity index (χ2v) is 4.63. The van der Waals surface area contributed by atoms with Crippen molar-refractivity contribution >= 4 is 22.4 Å². The molecular weight excluding hydrogens is 284 g/mol. The summed E-state index contributed by atoms with van der Waals surface area (Å²) in [6.45, 7) is 1.88. The molecule has 22 heavy (non-hydrogen) atoms. The van der Waals surface area contributed by atoms with Crippen molar-refractivity contribution in [3.05, 3.63) is 52.6 Å². The largest absolute Gasteiger partial charge is 0.495 e. The highest BCUT2D eigenvalue weighted by Crippen LogP contribution is 2.27. The first-order valence-corrected chi connectivity index (χ1v) is 6.81. The SMILES string of the molecule is CCOC(=O)c1cnc2c3ccccc3c(OC)cn2c1=O. The number of esters is 1. The topological polar surface area (TPSA) is 69.9 Å². The minimum atomic E-state index is -0.679. The minimum Gasteiger partial charge on any atom is -0.495 e. The zero-order chi connectivity index (χ0) is 15.7. The van der Waals surface area contributed by atoms with Crippen molar-refractivity contribution in [1.29, 1.82) is 0 Å². The van der Waals surface area contributed by atoms with Gasteiger partial charge < -0.3 is 9.47 Å². The third-order valence-corrected chi connectivity index (χ3v) is 3.39. The van der Waals surface area contributed by atoms with E-state index in [2.05, 4.69) is 4.98 Å². The highest BCUT2D eigenvalue weighted by atomic mass is 16.5. The third kappa shape index (κ3) is 2.09. The van der Waals surface area contributed by atoms with Gasteiger partial charge in [-0.05, 0) is 6.92 Å². The van der Waals surface area contributed by atoms with Crippen LogP contribution >= 0.6 is 0 Å². The van der Waals surface area contributed by atoms with E-state index in [9.17, 15) is 9.59 Å². The Hall–Kier alpha value is -2.89. The molecular formula is C16H14N2O4. The molecule has 0 amide bonds. The van der Waals surface area contributed by atoms with Crippen LogP contribution in [0.15, 0.2) is 41.5 Å². The number of benzene rings is 1. The molecule has 0 saturated heterocycles. The molecule has 2 aromatic heterocycles. The summed E-state index contributed by atoms with van der Waals surface area (Å²) < 4.78 is 11.5. The zero-order valence-corrected chi connectivity index (χ0v) is 12.2. The van der Waals surface area contributed by atoms with Gasteiger partial charge in [-0.2, -0.15) is 0 Å². The van der Waals surface area contributed by atoms with Crippen LogP contribution in [0, 0.1) is 0 Å². The van der Waals surface area contributed by atoms with E-state index in [0.29, 0.717) is 11.4 Å². The first-order valence-electron chi connectivity index (χ1n) is 6.81. The standard InChI is InChI=1S/C16H14N2O4/c1-3-22-16(20)12-8-17-14-11-7-5-4-6-10(11)13(21-2)9-18(14)15(12)19/h4-9H,3H2,1-2H3. The summed E-state index contributed by atoms with van der Waals surface area (Å²) in [4.78, 5) is 28.6. The average Bonchev–Trinajstić information content (AvgIpc) is 2.54. The van der Waals surface area contributed by atoms with E-state index >= 15 is 0 Å². The summed E-state index contributed by atoms with van der Waals surface area (Å²) in [5.41, 5.74) is -0.112. The predicted molar refractivity (Wildman–Crippen MR) is 81.5 cm³/mol. The van der Waals surface area contributed by atoms with Crippen molar-refractivity contribution in [1.82, 2.24) is 9.38 Å². The maximum absolute atomic E-state index is 12.5. The van der Waals surface area contributed by atoms with E-state index in [0.717, 1.165) is 10.8 Å². The maximum Gasteiger partial charge on any atom is 0.345 e. The van der Waals surface area contributed by atoms with Crippen molar-refractivity contribution in [3.63, 3.8) is 0 Å². The van der Waals surface area contributed by atoms with Gasteiger partial charge in [-0.3, -0.25) is 9.20 Å². The third-order valence-electron chi connectivity index (χ3n) is 3.39. The molecule has 1 aromatic carbocycles. The van der Waals surface area contributed by atoms with E-state index in [4.69, 9.17) is 9.47 Å². The average molecular weight is 298 g/mol. The van der Waals surface area contributed by atoms with Gasteiger partial charge in [-0.1, -0.05) is 24.3 Å². The van der Waals surface area contributed by atoms with Gasteiger partial charge in [0.1, 0.15) is 17.0 Å². The Morgan fingerprint density at radius 1 is 1.27 bits per heavy atom. The fraction of sp³-hybridized carbons (Fsp3) is 0.188. The highest BCUT2D eigenvalue weighted by Gasteiger charge is 2.16. The van der Waals surface area contributed by atoms with Crippen LogP contribution in [0.4, 0.5) is 0 Å². The van der Waals surface area contributed by atoms with Gasteiger partial charge >= 0.3 is 5.97 Å². The Balaban J connectivity index is 2.38. The molecule has 6 nitrogen and oxygen atoms in total. The number of aromatic nitrogens is 2. The Morgan fingerprint density at radius 2 is 2.00 bits per heavy atom. The number of carbonyl (C=O) groups is 1. The number of hydrogen-bond donors (Lipinski definition) is 0. The Kier molecular flexibility index (Phi) is 3.50. The Morgan fingerprint density at radius 3 is 2.68 bits per heavy atom. The molecule has 0 fully saturated rings. The normalized spacial score (nSPS) is 10.8. The molecule has 0 bridgehead atoms. The smallest absolute Gasteiger partial charge is 0.345 e. The van der Waals surface area contributed by atoms with Crippen LogP contribution in [0.25, 0.3) is 16.4 Å². The fourth-order valence-electron chi connectivity index (χ4n) is 2.38. The molecule has 2 heterocycles. The number of pyridine rings is 1. The first-order chi connectivity index (χ1) is 10.7. The van der Waals surface area contributed by atoms with Crippen LogP contribution in [0.3, 0.4) is 0 Å². The summed E-state index contributed by atoms with van der Waals surface area (Å²) >= 11 is 0. The zero-order valence-electron chi connectivity index (χ0n) is 12.2. The molecule has 0 radical (unpaired) electrons. The lowest BCUT2D eigenvalue weighted by atomic mass is 10.1. The van der Waals surface area contributed by atoms with Gasteiger partial charge in [0, 0.05) is 17.0 Å². The van der Waals surface area contributed by atoms with Crippen LogP contribution in [0.5, 0.6) is 5.75 Å². The maximum atomic E-state index is 12.5. The van der Waals surface area contributed by atoms with Gasteiger partial charge in [0.15, 0.2) is 0 Å². The molecule has 6 heteroatoms. The lowest BCUT2D eigenvalue weighted by Gasteiger charge is -2.10. The number of fused-ring (bicyclic) bond motifs is 3. The van der Waals surface area contributed by atoms with E-state index in [1.807, 2.05) is 24.3 Å². The van der Waals surface area contributed by atoms with Gasteiger partial charge in [0.05, 0.1) is 19.9 Å². The van der Waals surface area contributed by atoms with Gasteiger partial charge in [-0.25, -0.2) is 9.78 Å². The quantitative estimate of drug-likeness (QED) is 0.546. The summed E-state index contributed by atoms with van der Waals surface area (Å²) in [7, 11) is 1.53. The number of carbonyl (C=O) groups excluding carboxylic acids is 1. The van der Waals surface area contributed by atoms with Crippen LogP contribution in [0.2, 0.25) is 0 Å². The van der Waals surface area contributed by atoms with Crippen LogP contribution in [-0.2, 0) is 4.74 Å². The van der Waals surface area contributed by atoms with Gasteiger partial charge in [-0.15, -0.1) is 0 Å². The van der Waals surface area contributed by atoms with Gasteiger partial charge in [0.2, 0.25) is 0 Å². The fourth-order valence-corrected chi connectivity index (χ4v) is 2.38. The predicted octanol–water partition coefficient (Wildman–Crippen LogP) is 2.03. The second kappa shape index (κ2) is 5.48. The number of hydrogen-bond acceptors (Lipinski definition) is 5. The van der Waals surface area contributed by atoms with Crippen LogP contribution in [-0.4, -0.2) is 29.1 Å². The van der Waals surface area contributed by atoms with Crippen LogP contribution < -0.4 is 10.3 Å². The van der Waals surface area contributed by atoms with Crippen molar-refractivity contribution in [2.75, 3.05) is 13.7 Å². The molecule has 0 atom stereocenters. The molecule has 0 unspecified atom stereocenters. The van der Waals surface area contributed by atoms with Gasteiger partial charge in [0.25, 0.3) is 5.56 Å². The number of rotatable bonds is 3. The van der Waals surface area contributed by atoms with E-state index in [1.54, 1.807) is 6.92 Å². The monoisotopic (exact) mass is 298 g/mol. The second-order valence-electron chi connectivity index (χ2n) is 4.63. The van der Waals surface area contributed by atoms with Crippen molar-refractivity contribution in [3.8, 4) is 5.75 Å². The molecule has 0 aliphatic carbocycles. The molecule has 0 aliphatic heterocycles. The van der Waals surface area contributed by atoms with Crippen molar-refractivity contribution in [2.45, 2.75) is 6.92 Å². The van der Waals surface area contributed by atoms with Crippen molar-refractivity contribution < 1.29 is 14.3 Å². The van der Waals surface area contributed by atoms with Crippen molar-refractivity contribution in [2.24, 2.45) is 0 Å². The molecule has 0 spiro atoms.